The monoisotopic (exact) mass is 272 g/mol. The van der Waals surface area contributed by atoms with Crippen molar-refractivity contribution in [2.45, 2.75) is 19.4 Å². The van der Waals surface area contributed by atoms with Crippen LogP contribution in [-0.4, -0.2) is 38.6 Å². The van der Waals surface area contributed by atoms with Crippen LogP contribution in [0.15, 0.2) is 23.0 Å². The molecule has 1 aromatic heterocycles. The summed E-state index contributed by atoms with van der Waals surface area (Å²) in [6.45, 7) is 2.18. The maximum absolute atomic E-state index is 12.2. The molecule has 1 fully saturated rings. The summed E-state index contributed by atoms with van der Waals surface area (Å²) < 4.78 is 30.7. The van der Waals surface area contributed by atoms with Gasteiger partial charge in [0.2, 0.25) is 10.0 Å². The fourth-order valence-corrected chi connectivity index (χ4v) is 3.71. The van der Waals surface area contributed by atoms with Crippen molar-refractivity contribution >= 4 is 10.0 Å². The van der Waals surface area contributed by atoms with E-state index in [0.29, 0.717) is 6.54 Å². The molecule has 1 N–H and O–H groups in total. The third-order valence-electron chi connectivity index (χ3n) is 3.31. The van der Waals surface area contributed by atoms with E-state index >= 15 is 0 Å². The Labute approximate surface area is 108 Å². The first-order chi connectivity index (χ1) is 8.58. The largest absolute Gasteiger partial charge is 0.472 e. The van der Waals surface area contributed by atoms with E-state index in [2.05, 4.69) is 5.32 Å². The van der Waals surface area contributed by atoms with E-state index in [1.807, 2.05) is 0 Å². The van der Waals surface area contributed by atoms with Gasteiger partial charge in [-0.2, -0.15) is 0 Å². The summed E-state index contributed by atoms with van der Waals surface area (Å²) >= 11 is 0. The van der Waals surface area contributed by atoms with Crippen LogP contribution in [0.3, 0.4) is 0 Å². The Hall–Kier alpha value is -0.850. The molecule has 1 aliphatic heterocycles. The van der Waals surface area contributed by atoms with E-state index < -0.39 is 10.0 Å². The predicted molar refractivity (Wildman–Crippen MR) is 69.6 cm³/mol. The fraction of sp³-hybridized carbons (Fsp3) is 0.667. The van der Waals surface area contributed by atoms with Crippen molar-refractivity contribution in [3.05, 3.63) is 24.2 Å². The third kappa shape index (κ3) is 3.57. The predicted octanol–water partition coefficient (Wildman–Crippen LogP) is 1.04. The maximum Gasteiger partial charge on any atom is 0.214 e. The van der Waals surface area contributed by atoms with Gasteiger partial charge in [0, 0.05) is 19.2 Å². The van der Waals surface area contributed by atoms with Gasteiger partial charge in [-0.25, -0.2) is 12.7 Å². The molecule has 1 atom stereocenters. The smallest absolute Gasteiger partial charge is 0.214 e. The number of nitrogens with one attached hydrogen (secondary N) is 1. The minimum absolute atomic E-state index is 0.231. The lowest BCUT2D eigenvalue weighted by Gasteiger charge is -2.25. The average Bonchev–Trinajstić information content (AvgIpc) is 2.82. The van der Waals surface area contributed by atoms with E-state index in [1.165, 1.54) is 4.31 Å². The highest BCUT2D eigenvalue weighted by atomic mass is 32.2. The normalized spacial score (nSPS) is 21.3. The molecular weight excluding hydrogens is 252 g/mol. The van der Waals surface area contributed by atoms with Gasteiger partial charge < -0.3 is 9.73 Å². The molecule has 0 aromatic carbocycles. The summed E-state index contributed by atoms with van der Waals surface area (Å²) in [5.74, 6) is 0.462. The summed E-state index contributed by atoms with van der Waals surface area (Å²) in [6.07, 6.45) is 5.19. The van der Waals surface area contributed by atoms with Crippen molar-refractivity contribution in [3.8, 4) is 0 Å². The summed E-state index contributed by atoms with van der Waals surface area (Å²) in [4.78, 5) is 0. The van der Waals surface area contributed by atoms with E-state index in [9.17, 15) is 8.42 Å². The van der Waals surface area contributed by atoms with Gasteiger partial charge in [0.1, 0.15) is 0 Å². The molecule has 18 heavy (non-hydrogen) atoms. The molecule has 0 aliphatic carbocycles. The van der Waals surface area contributed by atoms with Crippen LogP contribution in [0.25, 0.3) is 0 Å². The molecule has 5 nitrogen and oxygen atoms in total. The topological polar surface area (TPSA) is 62.6 Å². The van der Waals surface area contributed by atoms with Gasteiger partial charge >= 0.3 is 0 Å². The summed E-state index contributed by atoms with van der Waals surface area (Å²) in [6, 6.07) is 1.79. The van der Waals surface area contributed by atoms with Gasteiger partial charge in [0.05, 0.1) is 18.3 Å². The molecule has 2 rings (SSSR count). The summed E-state index contributed by atoms with van der Waals surface area (Å²) in [7, 11) is -1.56. The van der Waals surface area contributed by atoms with Gasteiger partial charge in [-0.15, -0.1) is 0 Å². The molecule has 2 heterocycles. The minimum Gasteiger partial charge on any atom is -0.472 e. The van der Waals surface area contributed by atoms with Gasteiger partial charge in [-0.3, -0.25) is 0 Å². The summed E-state index contributed by atoms with van der Waals surface area (Å²) in [5.41, 5.74) is 0.878. The van der Waals surface area contributed by atoms with Crippen LogP contribution >= 0.6 is 0 Å². The highest BCUT2D eigenvalue weighted by Crippen LogP contribution is 2.16. The molecule has 1 aliphatic rings. The van der Waals surface area contributed by atoms with E-state index in [-0.39, 0.29) is 11.7 Å². The van der Waals surface area contributed by atoms with Crippen molar-refractivity contribution in [3.63, 3.8) is 0 Å². The molecule has 6 heteroatoms. The molecule has 0 saturated carbocycles. The number of nitrogens with zero attached hydrogens (tertiary/aromatic N) is 1. The van der Waals surface area contributed by atoms with Crippen molar-refractivity contribution in [2.75, 3.05) is 25.9 Å². The molecule has 0 amide bonds. The lowest BCUT2D eigenvalue weighted by Crippen LogP contribution is -2.38. The Kier molecular flexibility index (Phi) is 4.42. The van der Waals surface area contributed by atoms with Crippen LogP contribution < -0.4 is 5.32 Å². The SMILES string of the molecule is CN(Cc1ccoc1)S(=O)(=O)CC1CCCNC1. The second-order valence-electron chi connectivity index (χ2n) is 4.88. The van der Waals surface area contributed by atoms with Crippen LogP contribution in [0.4, 0.5) is 0 Å². The van der Waals surface area contributed by atoms with Crippen molar-refractivity contribution in [2.24, 2.45) is 5.92 Å². The maximum atomic E-state index is 12.2. The second kappa shape index (κ2) is 5.86. The highest BCUT2D eigenvalue weighted by molar-refractivity contribution is 7.89. The number of furan rings is 1. The van der Waals surface area contributed by atoms with Gasteiger partial charge in [0.15, 0.2) is 0 Å². The van der Waals surface area contributed by atoms with E-state index in [4.69, 9.17) is 4.42 Å². The zero-order chi connectivity index (χ0) is 13.0. The first kappa shape index (κ1) is 13.6. The van der Waals surface area contributed by atoms with Gasteiger partial charge in [-0.1, -0.05) is 0 Å². The molecule has 1 saturated heterocycles. The number of hydrogen-bond acceptors (Lipinski definition) is 4. The van der Waals surface area contributed by atoms with E-state index in [0.717, 1.165) is 31.5 Å². The van der Waals surface area contributed by atoms with Crippen LogP contribution in [-0.2, 0) is 16.6 Å². The first-order valence-corrected chi connectivity index (χ1v) is 7.84. The summed E-state index contributed by atoms with van der Waals surface area (Å²) in [5, 5.41) is 3.24. The standard InChI is InChI=1S/C12H20N2O3S/c1-14(8-12-4-6-17-9-12)18(15,16)10-11-3-2-5-13-7-11/h4,6,9,11,13H,2-3,5,7-8,10H2,1H3. The van der Waals surface area contributed by atoms with Crippen LogP contribution in [0.5, 0.6) is 0 Å². The Morgan fingerprint density at radius 2 is 2.39 bits per heavy atom. The molecule has 0 bridgehead atoms. The van der Waals surface area contributed by atoms with Gasteiger partial charge in [-0.05, 0) is 37.9 Å². The Balaban J connectivity index is 1.92. The quantitative estimate of drug-likeness (QED) is 0.870. The van der Waals surface area contributed by atoms with Crippen LogP contribution in [0.1, 0.15) is 18.4 Å². The zero-order valence-electron chi connectivity index (χ0n) is 10.6. The minimum atomic E-state index is -3.18. The lowest BCUT2D eigenvalue weighted by atomic mass is 10.0. The zero-order valence-corrected chi connectivity index (χ0v) is 11.4. The van der Waals surface area contributed by atoms with Crippen molar-refractivity contribution < 1.29 is 12.8 Å². The van der Waals surface area contributed by atoms with Gasteiger partial charge in [0.25, 0.3) is 0 Å². The van der Waals surface area contributed by atoms with Crippen LogP contribution in [0, 0.1) is 5.92 Å². The number of sulfonamides is 1. The fourth-order valence-electron chi connectivity index (χ4n) is 2.23. The first-order valence-electron chi connectivity index (χ1n) is 6.24. The Morgan fingerprint density at radius 1 is 1.56 bits per heavy atom. The Bertz CT molecular complexity index is 450. The van der Waals surface area contributed by atoms with Crippen LogP contribution in [0.2, 0.25) is 0 Å². The second-order valence-corrected chi connectivity index (χ2v) is 7.00. The molecular formula is C12H20N2O3S. The van der Waals surface area contributed by atoms with Crippen molar-refractivity contribution in [1.82, 2.24) is 9.62 Å². The number of piperidine rings is 1. The highest BCUT2D eigenvalue weighted by Gasteiger charge is 2.24. The molecule has 1 aromatic rings. The average molecular weight is 272 g/mol. The molecule has 102 valence electrons. The third-order valence-corrected chi connectivity index (χ3v) is 5.28. The number of rotatable bonds is 5. The molecule has 0 radical (unpaired) electrons. The Morgan fingerprint density at radius 3 is 3.00 bits per heavy atom. The molecule has 1 unspecified atom stereocenters. The lowest BCUT2D eigenvalue weighted by molar-refractivity contribution is 0.390. The molecule has 0 spiro atoms. The number of hydrogen-bond donors (Lipinski definition) is 1. The van der Waals surface area contributed by atoms with E-state index in [1.54, 1.807) is 25.6 Å². The van der Waals surface area contributed by atoms with Crippen molar-refractivity contribution in [1.29, 1.82) is 0 Å².